The molecule has 6 heteroatoms. The lowest BCUT2D eigenvalue weighted by molar-refractivity contribution is 0.937. The average Bonchev–Trinajstić information content (AvgIpc) is 2.88. The lowest BCUT2D eigenvalue weighted by atomic mass is 10.5. The Kier molecular flexibility index (Phi) is 1.35. The molecular formula is C8H6N6. The monoisotopic (exact) mass is 186 g/mol. The van der Waals surface area contributed by atoms with Gasteiger partial charge >= 0.3 is 0 Å². The van der Waals surface area contributed by atoms with Crippen LogP contribution >= 0.6 is 0 Å². The Labute approximate surface area is 78.7 Å². The fourth-order valence-electron chi connectivity index (χ4n) is 1.23. The topological polar surface area (TPSA) is 72.3 Å². The molecule has 0 spiro atoms. The second-order valence-electron chi connectivity index (χ2n) is 2.78. The molecule has 14 heavy (non-hydrogen) atoms. The van der Waals surface area contributed by atoms with Crippen LogP contribution in [0.5, 0.6) is 0 Å². The first-order valence-electron chi connectivity index (χ1n) is 4.08. The van der Waals surface area contributed by atoms with Gasteiger partial charge in [-0.3, -0.25) is 4.57 Å². The van der Waals surface area contributed by atoms with Crippen molar-refractivity contribution >= 4 is 11.2 Å². The standard InChI is InChI=1S/C8H6N6/c1-2-14(5-9-1)8-10-3-6-7(13-8)12-4-11-6/h1-5H,(H,10,11,12,13). The van der Waals surface area contributed by atoms with Crippen LogP contribution in [0.15, 0.2) is 31.2 Å². The number of nitrogens with one attached hydrogen (secondary N) is 1. The Morgan fingerprint density at radius 2 is 2.29 bits per heavy atom. The predicted octanol–water partition coefficient (Wildman–Crippen LogP) is 0.539. The normalized spacial score (nSPS) is 10.9. The third-order valence-electron chi connectivity index (χ3n) is 1.90. The summed E-state index contributed by atoms with van der Waals surface area (Å²) in [5, 5.41) is 0. The maximum atomic E-state index is 4.25. The molecule has 0 fully saturated rings. The number of rotatable bonds is 1. The zero-order valence-corrected chi connectivity index (χ0v) is 7.12. The van der Waals surface area contributed by atoms with E-state index in [0.29, 0.717) is 11.6 Å². The van der Waals surface area contributed by atoms with E-state index in [0.717, 1.165) is 5.52 Å². The van der Waals surface area contributed by atoms with Gasteiger partial charge in [-0.1, -0.05) is 0 Å². The van der Waals surface area contributed by atoms with Gasteiger partial charge in [-0.25, -0.2) is 15.0 Å². The van der Waals surface area contributed by atoms with E-state index in [-0.39, 0.29) is 0 Å². The first-order chi connectivity index (χ1) is 6.93. The van der Waals surface area contributed by atoms with Crippen LogP contribution in [0, 0.1) is 0 Å². The van der Waals surface area contributed by atoms with Crippen LogP contribution in [0.3, 0.4) is 0 Å². The lowest BCUT2D eigenvalue weighted by Crippen LogP contribution is -1.97. The third kappa shape index (κ3) is 0.972. The quantitative estimate of drug-likeness (QED) is 0.602. The van der Waals surface area contributed by atoms with Crippen molar-refractivity contribution in [3.05, 3.63) is 31.2 Å². The number of hydrogen-bond donors (Lipinski definition) is 1. The molecule has 0 aliphatic heterocycles. The summed E-state index contributed by atoms with van der Waals surface area (Å²) in [6.45, 7) is 0. The number of hydrogen-bond acceptors (Lipinski definition) is 4. The largest absolute Gasteiger partial charge is 0.342 e. The number of aromatic amines is 1. The fourth-order valence-corrected chi connectivity index (χ4v) is 1.23. The van der Waals surface area contributed by atoms with Crippen LogP contribution in [-0.4, -0.2) is 29.5 Å². The molecular weight excluding hydrogens is 180 g/mol. The van der Waals surface area contributed by atoms with Crippen LogP contribution in [0.1, 0.15) is 0 Å². The molecule has 0 unspecified atom stereocenters. The third-order valence-corrected chi connectivity index (χ3v) is 1.90. The number of aromatic nitrogens is 6. The zero-order valence-electron chi connectivity index (χ0n) is 7.12. The Hall–Kier alpha value is -2.24. The maximum absolute atomic E-state index is 4.25. The summed E-state index contributed by atoms with van der Waals surface area (Å²) < 4.78 is 1.73. The summed E-state index contributed by atoms with van der Waals surface area (Å²) in [6, 6.07) is 0. The summed E-state index contributed by atoms with van der Waals surface area (Å²) in [7, 11) is 0. The molecule has 3 rings (SSSR count). The molecule has 0 amide bonds. The molecule has 0 atom stereocenters. The van der Waals surface area contributed by atoms with Gasteiger partial charge in [0.2, 0.25) is 5.95 Å². The maximum Gasteiger partial charge on any atom is 0.237 e. The van der Waals surface area contributed by atoms with E-state index in [1.807, 2.05) is 0 Å². The van der Waals surface area contributed by atoms with E-state index < -0.39 is 0 Å². The molecule has 3 aromatic heterocycles. The smallest absolute Gasteiger partial charge is 0.237 e. The Bertz CT molecular complexity index is 552. The summed E-state index contributed by atoms with van der Waals surface area (Å²) in [4.78, 5) is 19.3. The van der Waals surface area contributed by atoms with Gasteiger partial charge < -0.3 is 4.98 Å². The molecule has 68 valence electrons. The highest BCUT2D eigenvalue weighted by molar-refractivity contribution is 5.68. The molecule has 3 aromatic rings. The first-order valence-corrected chi connectivity index (χ1v) is 4.08. The molecule has 1 N–H and O–H groups in total. The summed E-state index contributed by atoms with van der Waals surface area (Å²) in [6.07, 6.45) is 8.40. The average molecular weight is 186 g/mol. The number of nitrogens with zero attached hydrogens (tertiary/aromatic N) is 5. The van der Waals surface area contributed by atoms with Crippen molar-refractivity contribution in [1.29, 1.82) is 0 Å². The van der Waals surface area contributed by atoms with Gasteiger partial charge in [-0.15, -0.1) is 0 Å². The highest BCUT2D eigenvalue weighted by Crippen LogP contribution is 2.06. The van der Waals surface area contributed by atoms with E-state index in [4.69, 9.17) is 0 Å². The van der Waals surface area contributed by atoms with Crippen LogP contribution < -0.4 is 0 Å². The van der Waals surface area contributed by atoms with Crippen molar-refractivity contribution in [2.24, 2.45) is 0 Å². The minimum atomic E-state index is 0.571. The van der Waals surface area contributed by atoms with Crippen LogP contribution in [0.4, 0.5) is 0 Å². The predicted molar refractivity (Wildman–Crippen MR) is 48.8 cm³/mol. The summed E-state index contributed by atoms with van der Waals surface area (Å²) >= 11 is 0. The molecule has 0 aliphatic carbocycles. The van der Waals surface area contributed by atoms with Crippen molar-refractivity contribution in [1.82, 2.24) is 29.5 Å². The number of imidazole rings is 2. The molecule has 0 aliphatic rings. The second kappa shape index (κ2) is 2.63. The number of fused-ring (bicyclic) bond motifs is 1. The second-order valence-corrected chi connectivity index (χ2v) is 2.78. The SMILES string of the molecule is c1cn(-c2ncc3[nH]cnc3n2)cn1. The van der Waals surface area contributed by atoms with Crippen molar-refractivity contribution in [2.45, 2.75) is 0 Å². The highest BCUT2D eigenvalue weighted by atomic mass is 15.2. The van der Waals surface area contributed by atoms with Crippen LogP contribution in [0.2, 0.25) is 0 Å². The van der Waals surface area contributed by atoms with Crippen molar-refractivity contribution in [3.8, 4) is 5.95 Å². The van der Waals surface area contributed by atoms with Gasteiger partial charge in [0.15, 0.2) is 5.65 Å². The Morgan fingerprint density at radius 3 is 3.14 bits per heavy atom. The van der Waals surface area contributed by atoms with Crippen molar-refractivity contribution < 1.29 is 0 Å². The Balaban J connectivity index is 2.23. The highest BCUT2D eigenvalue weighted by Gasteiger charge is 2.02. The van der Waals surface area contributed by atoms with E-state index in [2.05, 4.69) is 24.9 Å². The first kappa shape index (κ1) is 7.19. The molecule has 6 nitrogen and oxygen atoms in total. The van der Waals surface area contributed by atoms with Gasteiger partial charge in [-0.05, 0) is 0 Å². The lowest BCUT2D eigenvalue weighted by Gasteiger charge is -1.97. The van der Waals surface area contributed by atoms with Gasteiger partial charge in [0, 0.05) is 12.4 Å². The van der Waals surface area contributed by atoms with Gasteiger partial charge in [-0.2, -0.15) is 4.98 Å². The van der Waals surface area contributed by atoms with E-state index in [1.54, 1.807) is 35.8 Å². The van der Waals surface area contributed by atoms with Gasteiger partial charge in [0.25, 0.3) is 0 Å². The molecule has 0 radical (unpaired) electrons. The van der Waals surface area contributed by atoms with E-state index >= 15 is 0 Å². The molecule has 0 saturated heterocycles. The van der Waals surface area contributed by atoms with Crippen LogP contribution in [-0.2, 0) is 0 Å². The summed E-state index contributed by atoms with van der Waals surface area (Å²) in [5.41, 5.74) is 1.48. The van der Waals surface area contributed by atoms with Gasteiger partial charge in [0.05, 0.1) is 12.5 Å². The molecule has 3 heterocycles. The number of H-pyrrole nitrogens is 1. The molecule has 0 aromatic carbocycles. The van der Waals surface area contributed by atoms with Crippen molar-refractivity contribution in [2.75, 3.05) is 0 Å². The molecule has 0 bridgehead atoms. The van der Waals surface area contributed by atoms with E-state index in [9.17, 15) is 0 Å². The Morgan fingerprint density at radius 1 is 1.29 bits per heavy atom. The minimum absolute atomic E-state index is 0.571. The van der Waals surface area contributed by atoms with Crippen molar-refractivity contribution in [3.63, 3.8) is 0 Å². The van der Waals surface area contributed by atoms with Gasteiger partial charge in [0.1, 0.15) is 11.8 Å². The zero-order chi connectivity index (χ0) is 9.38. The minimum Gasteiger partial charge on any atom is -0.342 e. The molecule has 0 saturated carbocycles. The van der Waals surface area contributed by atoms with Crippen LogP contribution in [0.25, 0.3) is 17.1 Å². The fraction of sp³-hybridized carbons (Fsp3) is 0. The van der Waals surface area contributed by atoms with E-state index in [1.165, 1.54) is 0 Å². The summed E-state index contributed by atoms with van der Waals surface area (Å²) in [5.74, 6) is 0.571.